The van der Waals surface area contributed by atoms with Gasteiger partial charge in [0.2, 0.25) is 0 Å². The minimum Gasteiger partial charge on any atom is -0.478 e. The van der Waals surface area contributed by atoms with E-state index in [0.717, 1.165) is 30.6 Å². The molecular formula is C17H22N2O2. The first-order chi connectivity index (χ1) is 9.93. The van der Waals surface area contributed by atoms with Gasteiger partial charge in [-0.05, 0) is 36.8 Å². The summed E-state index contributed by atoms with van der Waals surface area (Å²) in [5.74, 6) is 0.0982. The summed E-state index contributed by atoms with van der Waals surface area (Å²) in [4.78, 5) is 16.0. The van der Waals surface area contributed by atoms with E-state index in [1.165, 1.54) is 6.42 Å². The lowest BCUT2D eigenvalue weighted by atomic mass is 9.92. The van der Waals surface area contributed by atoms with E-state index in [2.05, 4.69) is 30.3 Å². The first-order valence-electron chi connectivity index (χ1n) is 7.66. The van der Waals surface area contributed by atoms with E-state index < -0.39 is 5.97 Å². The number of hydrogen-bond donors (Lipinski definition) is 1. The second kappa shape index (κ2) is 4.86. The van der Waals surface area contributed by atoms with E-state index in [1.54, 1.807) is 6.07 Å². The summed E-state index contributed by atoms with van der Waals surface area (Å²) < 4.78 is 2.29. The molecular weight excluding hydrogens is 264 g/mol. The average molecular weight is 286 g/mol. The highest BCUT2D eigenvalue weighted by molar-refractivity contribution is 6.01. The molecule has 1 saturated carbocycles. The molecule has 1 heterocycles. The van der Waals surface area contributed by atoms with Gasteiger partial charge in [-0.15, -0.1) is 0 Å². The lowest BCUT2D eigenvalue weighted by Crippen LogP contribution is -2.11. The molecule has 1 unspecified atom stereocenters. The van der Waals surface area contributed by atoms with Crippen LogP contribution in [0.3, 0.4) is 0 Å². The first-order valence-corrected chi connectivity index (χ1v) is 7.66. The smallest absolute Gasteiger partial charge is 0.337 e. The number of aromatic nitrogens is 2. The van der Waals surface area contributed by atoms with E-state index >= 15 is 0 Å². The summed E-state index contributed by atoms with van der Waals surface area (Å²) in [5.41, 5.74) is 2.26. The molecule has 1 fully saturated rings. The van der Waals surface area contributed by atoms with E-state index in [9.17, 15) is 9.90 Å². The van der Waals surface area contributed by atoms with Crippen LogP contribution in [0.5, 0.6) is 0 Å². The normalized spacial score (nSPS) is 21.0. The molecule has 2 aromatic rings. The molecule has 1 aromatic carbocycles. The van der Waals surface area contributed by atoms with E-state index in [4.69, 9.17) is 0 Å². The van der Waals surface area contributed by atoms with Crippen molar-refractivity contribution < 1.29 is 9.90 Å². The van der Waals surface area contributed by atoms with Gasteiger partial charge in [-0.2, -0.15) is 0 Å². The zero-order valence-electron chi connectivity index (χ0n) is 12.9. The van der Waals surface area contributed by atoms with E-state index in [1.807, 2.05) is 12.1 Å². The van der Waals surface area contributed by atoms with Crippen LogP contribution in [0.15, 0.2) is 18.2 Å². The van der Waals surface area contributed by atoms with Crippen molar-refractivity contribution in [1.29, 1.82) is 0 Å². The maximum atomic E-state index is 11.4. The van der Waals surface area contributed by atoms with Crippen molar-refractivity contribution >= 4 is 17.0 Å². The topological polar surface area (TPSA) is 55.1 Å². The molecule has 0 bridgehead atoms. The van der Waals surface area contributed by atoms with Crippen LogP contribution < -0.4 is 0 Å². The molecule has 0 amide bonds. The van der Waals surface area contributed by atoms with Crippen LogP contribution in [0, 0.1) is 5.41 Å². The van der Waals surface area contributed by atoms with Crippen molar-refractivity contribution in [2.24, 2.45) is 5.41 Å². The number of imidazole rings is 1. The molecule has 21 heavy (non-hydrogen) atoms. The average Bonchev–Trinajstić information content (AvgIpc) is 2.97. The third-order valence-corrected chi connectivity index (χ3v) is 4.65. The van der Waals surface area contributed by atoms with E-state index in [-0.39, 0.29) is 0 Å². The number of fused-ring (bicyclic) bond motifs is 1. The fourth-order valence-electron chi connectivity index (χ4n) is 3.61. The second-order valence-electron chi connectivity index (χ2n) is 6.79. The summed E-state index contributed by atoms with van der Waals surface area (Å²) in [5, 5.41) is 9.35. The Morgan fingerprint density at radius 2 is 2.24 bits per heavy atom. The molecule has 1 aliphatic rings. The summed E-state index contributed by atoms with van der Waals surface area (Å²) >= 11 is 0. The van der Waals surface area contributed by atoms with Gasteiger partial charge in [0, 0.05) is 12.5 Å². The maximum Gasteiger partial charge on any atom is 0.337 e. The number of hydrogen-bond acceptors (Lipinski definition) is 2. The van der Waals surface area contributed by atoms with Crippen LogP contribution in [0.25, 0.3) is 11.0 Å². The Hall–Kier alpha value is -1.84. The zero-order valence-corrected chi connectivity index (χ0v) is 12.9. The van der Waals surface area contributed by atoms with Crippen LogP contribution >= 0.6 is 0 Å². The molecule has 0 saturated heterocycles. The predicted molar refractivity (Wildman–Crippen MR) is 82.7 cm³/mol. The Balaban J connectivity index is 2.18. The number of carboxylic acids is 1. The Bertz CT molecular complexity index is 700. The molecule has 112 valence electrons. The number of aryl methyl sites for hydroxylation is 1. The van der Waals surface area contributed by atoms with Crippen LogP contribution in [0.4, 0.5) is 0 Å². The Kier molecular flexibility index (Phi) is 3.27. The first kappa shape index (κ1) is 14.1. The van der Waals surface area contributed by atoms with Crippen molar-refractivity contribution in [3.8, 4) is 0 Å². The Morgan fingerprint density at radius 1 is 1.48 bits per heavy atom. The Labute approximate surface area is 124 Å². The molecule has 0 radical (unpaired) electrons. The highest BCUT2D eigenvalue weighted by atomic mass is 16.4. The highest BCUT2D eigenvalue weighted by Gasteiger charge is 2.33. The molecule has 1 aliphatic carbocycles. The number of para-hydroxylation sites is 1. The van der Waals surface area contributed by atoms with Crippen LogP contribution in [0.1, 0.15) is 62.3 Å². The van der Waals surface area contributed by atoms with Crippen LogP contribution in [-0.4, -0.2) is 20.6 Å². The van der Waals surface area contributed by atoms with Gasteiger partial charge in [0.05, 0.1) is 11.1 Å². The summed E-state index contributed by atoms with van der Waals surface area (Å²) in [6, 6.07) is 5.90. The number of aromatic carboxylic acids is 1. The SMILES string of the molecule is CCc1nc2c(C(=O)O)cccc2n1C1CCC(C)(C)C1. The number of rotatable bonds is 3. The third kappa shape index (κ3) is 2.33. The fraction of sp³-hybridized carbons (Fsp3) is 0.529. The van der Waals surface area contributed by atoms with Gasteiger partial charge in [0.25, 0.3) is 0 Å². The van der Waals surface area contributed by atoms with Gasteiger partial charge in [-0.1, -0.05) is 26.8 Å². The number of carboxylic acid groups (broad SMARTS) is 1. The lowest BCUT2D eigenvalue weighted by Gasteiger charge is -2.20. The van der Waals surface area contributed by atoms with Gasteiger partial charge in [0.15, 0.2) is 0 Å². The van der Waals surface area contributed by atoms with Gasteiger partial charge < -0.3 is 9.67 Å². The van der Waals surface area contributed by atoms with Crippen molar-refractivity contribution in [3.63, 3.8) is 0 Å². The molecule has 1 N–H and O–H groups in total. The number of nitrogens with zero attached hydrogens (tertiary/aromatic N) is 2. The second-order valence-corrected chi connectivity index (χ2v) is 6.79. The van der Waals surface area contributed by atoms with Gasteiger partial charge in [0.1, 0.15) is 11.3 Å². The molecule has 1 aromatic heterocycles. The molecule has 0 spiro atoms. The van der Waals surface area contributed by atoms with Crippen molar-refractivity contribution in [2.75, 3.05) is 0 Å². The monoisotopic (exact) mass is 286 g/mol. The molecule has 1 atom stereocenters. The highest BCUT2D eigenvalue weighted by Crippen LogP contribution is 2.45. The zero-order chi connectivity index (χ0) is 15.2. The van der Waals surface area contributed by atoms with Crippen LogP contribution in [0.2, 0.25) is 0 Å². The molecule has 3 rings (SSSR count). The maximum absolute atomic E-state index is 11.4. The molecule has 4 nitrogen and oxygen atoms in total. The lowest BCUT2D eigenvalue weighted by molar-refractivity contribution is 0.0699. The standard InChI is InChI=1S/C17H22N2O2/c1-4-14-18-15-12(16(20)21)6-5-7-13(15)19(14)11-8-9-17(2,3)10-11/h5-7,11H,4,8-10H2,1-3H3,(H,20,21). The molecule has 4 heteroatoms. The fourth-order valence-corrected chi connectivity index (χ4v) is 3.61. The minimum absolute atomic E-state index is 0.304. The van der Waals surface area contributed by atoms with Gasteiger partial charge in [-0.3, -0.25) is 0 Å². The summed E-state index contributed by atoms with van der Waals surface area (Å²) in [7, 11) is 0. The largest absolute Gasteiger partial charge is 0.478 e. The van der Waals surface area contributed by atoms with Crippen molar-refractivity contribution in [3.05, 3.63) is 29.6 Å². The third-order valence-electron chi connectivity index (χ3n) is 4.65. The van der Waals surface area contributed by atoms with Crippen molar-refractivity contribution in [1.82, 2.24) is 9.55 Å². The number of benzene rings is 1. The van der Waals surface area contributed by atoms with Crippen LogP contribution in [-0.2, 0) is 6.42 Å². The summed E-state index contributed by atoms with van der Waals surface area (Å²) in [6.45, 7) is 6.69. The molecule has 0 aliphatic heterocycles. The van der Waals surface area contributed by atoms with Crippen molar-refractivity contribution in [2.45, 2.75) is 52.5 Å². The number of carbonyl (C=O) groups is 1. The van der Waals surface area contributed by atoms with Gasteiger partial charge in [-0.25, -0.2) is 9.78 Å². The predicted octanol–water partition coefficient (Wildman–Crippen LogP) is 4.05. The Morgan fingerprint density at radius 3 is 2.81 bits per heavy atom. The summed E-state index contributed by atoms with van der Waals surface area (Å²) in [6.07, 6.45) is 4.30. The quantitative estimate of drug-likeness (QED) is 0.926. The van der Waals surface area contributed by atoms with E-state index in [0.29, 0.717) is 22.5 Å². The van der Waals surface area contributed by atoms with Gasteiger partial charge >= 0.3 is 5.97 Å². The minimum atomic E-state index is -0.903.